The summed E-state index contributed by atoms with van der Waals surface area (Å²) < 4.78 is 0. The van der Waals surface area contributed by atoms with Gasteiger partial charge in [0.1, 0.15) is 0 Å². The lowest BCUT2D eigenvalue weighted by Gasteiger charge is -2.08. The first-order valence-corrected chi connectivity index (χ1v) is 5.67. The van der Waals surface area contributed by atoms with Crippen molar-refractivity contribution < 1.29 is 0 Å². The Balaban J connectivity index is 2.39. The van der Waals surface area contributed by atoms with E-state index in [1.54, 1.807) is 0 Å². The standard InChI is InChI=1S/C15H14S/c1-11-10-14(8-9-15(11)16)12(2)13-6-4-3-5-7-13/h3-10,16H,2H2,1H3. The summed E-state index contributed by atoms with van der Waals surface area (Å²) in [6.45, 7) is 6.20. The van der Waals surface area contributed by atoms with E-state index in [1.165, 1.54) is 5.56 Å². The van der Waals surface area contributed by atoms with Crippen molar-refractivity contribution in [2.24, 2.45) is 0 Å². The molecule has 0 aliphatic rings. The van der Waals surface area contributed by atoms with Gasteiger partial charge in [0.15, 0.2) is 0 Å². The maximum Gasteiger partial charge on any atom is 0.00696 e. The Morgan fingerprint density at radius 3 is 2.31 bits per heavy atom. The fourth-order valence-corrected chi connectivity index (χ4v) is 1.79. The minimum Gasteiger partial charge on any atom is -0.143 e. The van der Waals surface area contributed by atoms with Crippen LogP contribution in [-0.2, 0) is 0 Å². The Labute approximate surface area is 102 Å². The first-order valence-electron chi connectivity index (χ1n) is 5.23. The largest absolute Gasteiger partial charge is 0.143 e. The SMILES string of the molecule is C=C(c1ccccc1)c1ccc(S)c(C)c1. The fraction of sp³-hybridized carbons (Fsp3) is 0.0667. The van der Waals surface area contributed by atoms with Gasteiger partial charge in [0.2, 0.25) is 0 Å². The Morgan fingerprint density at radius 1 is 1.00 bits per heavy atom. The molecule has 0 aliphatic carbocycles. The zero-order valence-electron chi connectivity index (χ0n) is 9.27. The van der Waals surface area contributed by atoms with Crippen molar-refractivity contribution in [3.8, 4) is 0 Å². The molecule has 1 heteroatoms. The summed E-state index contributed by atoms with van der Waals surface area (Å²) >= 11 is 4.37. The van der Waals surface area contributed by atoms with Crippen LogP contribution in [0.1, 0.15) is 16.7 Å². The van der Waals surface area contributed by atoms with Gasteiger partial charge >= 0.3 is 0 Å². The Kier molecular flexibility index (Phi) is 3.16. The minimum atomic E-state index is 1.02. The molecule has 0 atom stereocenters. The number of thiol groups is 1. The van der Waals surface area contributed by atoms with Crippen molar-refractivity contribution in [1.82, 2.24) is 0 Å². The molecule has 0 nitrogen and oxygen atoms in total. The zero-order chi connectivity index (χ0) is 11.5. The summed E-state index contributed by atoms with van der Waals surface area (Å²) in [6.07, 6.45) is 0. The summed E-state index contributed by atoms with van der Waals surface area (Å²) in [5.74, 6) is 0. The number of hydrogen-bond donors (Lipinski definition) is 1. The van der Waals surface area contributed by atoms with Crippen LogP contribution >= 0.6 is 12.6 Å². The molecule has 0 heterocycles. The van der Waals surface area contributed by atoms with E-state index in [4.69, 9.17) is 0 Å². The molecule has 0 aromatic heterocycles. The van der Waals surface area contributed by atoms with Crippen LogP contribution in [0, 0.1) is 6.92 Å². The predicted octanol–water partition coefficient (Wildman–Crippen LogP) is 4.35. The number of benzene rings is 2. The maximum atomic E-state index is 4.37. The van der Waals surface area contributed by atoms with Crippen LogP contribution in [0.15, 0.2) is 60.0 Å². The number of aryl methyl sites for hydroxylation is 1. The van der Waals surface area contributed by atoms with E-state index >= 15 is 0 Å². The number of hydrogen-bond acceptors (Lipinski definition) is 1. The van der Waals surface area contributed by atoms with Crippen LogP contribution < -0.4 is 0 Å². The van der Waals surface area contributed by atoms with Gasteiger partial charge in [0.25, 0.3) is 0 Å². The molecule has 2 rings (SSSR count). The number of rotatable bonds is 2. The summed E-state index contributed by atoms with van der Waals surface area (Å²) in [6, 6.07) is 16.4. The molecule has 0 bridgehead atoms. The van der Waals surface area contributed by atoms with Gasteiger partial charge < -0.3 is 0 Å². The van der Waals surface area contributed by atoms with Crippen molar-refractivity contribution in [3.63, 3.8) is 0 Å². The molecule has 0 saturated carbocycles. The first-order chi connectivity index (χ1) is 7.68. The van der Waals surface area contributed by atoms with E-state index in [-0.39, 0.29) is 0 Å². The molecule has 0 fully saturated rings. The Bertz CT molecular complexity index is 512. The lowest BCUT2D eigenvalue weighted by molar-refractivity contribution is 1.30. The maximum absolute atomic E-state index is 4.37. The molecular formula is C15H14S. The second-order valence-electron chi connectivity index (χ2n) is 3.85. The first kappa shape index (κ1) is 11.0. The molecule has 0 amide bonds. The monoisotopic (exact) mass is 226 g/mol. The van der Waals surface area contributed by atoms with E-state index in [1.807, 2.05) is 24.3 Å². The molecule has 0 spiro atoms. The molecule has 2 aromatic carbocycles. The lowest BCUT2D eigenvalue weighted by atomic mass is 9.98. The van der Waals surface area contributed by atoms with Gasteiger partial charge in [-0.15, -0.1) is 12.6 Å². The van der Waals surface area contributed by atoms with Crippen LogP contribution in [0.5, 0.6) is 0 Å². The third kappa shape index (κ3) is 2.20. The third-order valence-electron chi connectivity index (χ3n) is 2.67. The Morgan fingerprint density at radius 2 is 1.69 bits per heavy atom. The van der Waals surface area contributed by atoms with Crippen LogP contribution in [0.25, 0.3) is 5.57 Å². The quantitative estimate of drug-likeness (QED) is 0.723. The smallest absolute Gasteiger partial charge is 0.00696 e. The molecule has 0 unspecified atom stereocenters. The zero-order valence-corrected chi connectivity index (χ0v) is 10.2. The molecule has 16 heavy (non-hydrogen) atoms. The van der Waals surface area contributed by atoms with Gasteiger partial charge in [0, 0.05) is 4.90 Å². The van der Waals surface area contributed by atoms with Gasteiger partial charge in [-0.1, -0.05) is 49.0 Å². The average molecular weight is 226 g/mol. The van der Waals surface area contributed by atoms with E-state index in [0.717, 1.165) is 21.6 Å². The minimum absolute atomic E-state index is 1.02. The molecule has 2 aromatic rings. The van der Waals surface area contributed by atoms with E-state index < -0.39 is 0 Å². The highest BCUT2D eigenvalue weighted by Gasteiger charge is 2.03. The van der Waals surface area contributed by atoms with Crippen molar-refractivity contribution in [2.75, 3.05) is 0 Å². The summed E-state index contributed by atoms with van der Waals surface area (Å²) in [4.78, 5) is 1.02. The molecular weight excluding hydrogens is 212 g/mol. The van der Waals surface area contributed by atoms with Crippen molar-refractivity contribution in [3.05, 3.63) is 71.8 Å². The van der Waals surface area contributed by atoms with Crippen molar-refractivity contribution >= 4 is 18.2 Å². The Hall–Kier alpha value is -1.47. The van der Waals surface area contributed by atoms with E-state index in [2.05, 4.69) is 50.4 Å². The van der Waals surface area contributed by atoms with Gasteiger partial charge in [0.05, 0.1) is 0 Å². The fourth-order valence-electron chi connectivity index (χ4n) is 1.65. The second kappa shape index (κ2) is 4.58. The van der Waals surface area contributed by atoms with Crippen LogP contribution in [-0.4, -0.2) is 0 Å². The molecule has 0 saturated heterocycles. The van der Waals surface area contributed by atoms with Crippen LogP contribution in [0.4, 0.5) is 0 Å². The van der Waals surface area contributed by atoms with Crippen molar-refractivity contribution in [1.29, 1.82) is 0 Å². The molecule has 0 radical (unpaired) electrons. The topological polar surface area (TPSA) is 0 Å². The highest BCUT2D eigenvalue weighted by atomic mass is 32.1. The second-order valence-corrected chi connectivity index (χ2v) is 4.33. The average Bonchev–Trinajstić information content (AvgIpc) is 2.33. The summed E-state index contributed by atoms with van der Waals surface area (Å²) in [7, 11) is 0. The van der Waals surface area contributed by atoms with Gasteiger partial charge in [-0.05, 0) is 35.3 Å². The van der Waals surface area contributed by atoms with Gasteiger partial charge in [-0.25, -0.2) is 0 Å². The van der Waals surface area contributed by atoms with E-state index in [9.17, 15) is 0 Å². The van der Waals surface area contributed by atoms with Gasteiger partial charge in [-0.3, -0.25) is 0 Å². The predicted molar refractivity (Wildman–Crippen MR) is 73.0 cm³/mol. The normalized spacial score (nSPS) is 10.1. The van der Waals surface area contributed by atoms with Crippen molar-refractivity contribution in [2.45, 2.75) is 11.8 Å². The highest BCUT2D eigenvalue weighted by molar-refractivity contribution is 7.80. The van der Waals surface area contributed by atoms with Crippen LogP contribution in [0.3, 0.4) is 0 Å². The lowest BCUT2D eigenvalue weighted by Crippen LogP contribution is -1.87. The molecule has 0 N–H and O–H groups in total. The summed E-state index contributed by atoms with van der Waals surface area (Å²) in [5, 5.41) is 0. The van der Waals surface area contributed by atoms with Gasteiger partial charge in [-0.2, -0.15) is 0 Å². The third-order valence-corrected chi connectivity index (χ3v) is 3.17. The van der Waals surface area contributed by atoms with E-state index in [0.29, 0.717) is 0 Å². The highest BCUT2D eigenvalue weighted by Crippen LogP contribution is 2.24. The molecule has 80 valence electrons. The summed E-state index contributed by atoms with van der Waals surface area (Å²) in [5.41, 5.74) is 4.55. The molecule has 0 aliphatic heterocycles. The van der Waals surface area contributed by atoms with Crippen LogP contribution in [0.2, 0.25) is 0 Å².